The van der Waals surface area contributed by atoms with Crippen LogP contribution in [0.5, 0.6) is 0 Å². The first-order valence-electron chi connectivity index (χ1n) is 6.29. The molecule has 1 aliphatic carbocycles. The van der Waals surface area contributed by atoms with E-state index in [-0.39, 0.29) is 0 Å². The molecule has 1 heterocycles. The number of nitrogens with one attached hydrogen (secondary N) is 1. The zero-order valence-corrected chi connectivity index (χ0v) is 10.2. The Morgan fingerprint density at radius 2 is 2.25 bits per heavy atom. The number of fused-ring (bicyclic) bond motifs is 3. The summed E-state index contributed by atoms with van der Waals surface area (Å²) in [5, 5.41) is 3.67. The van der Waals surface area contributed by atoms with E-state index in [2.05, 4.69) is 42.4 Å². The van der Waals surface area contributed by atoms with Crippen molar-refractivity contribution in [3.63, 3.8) is 0 Å². The molecule has 2 atom stereocenters. The van der Waals surface area contributed by atoms with Crippen LogP contribution in [0.15, 0.2) is 18.2 Å². The van der Waals surface area contributed by atoms with E-state index >= 15 is 0 Å². The molecule has 0 aromatic heterocycles. The van der Waals surface area contributed by atoms with Gasteiger partial charge in [-0.05, 0) is 37.9 Å². The summed E-state index contributed by atoms with van der Waals surface area (Å²) in [6, 6.07) is 8.21. The molecule has 0 saturated carbocycles. The minimum Gasteiger partial charge on any atom is -0.311 e. The minimum absolute atomic E-state index is 0.595. The van der Waals surface area contributed by atoms with Crippen LogP contribution in [0.4, 0.5) is 0 Å². The van der Waals surface area contributed by atoms with Crippen LogP contribution < -0.4 is 5.32 Å². The summed E-state index contributed by atoms with van der Waals surface area (Å²) in [5.41, 5.74) is 4.51. The molecular formula is C14H20N2. The maximum absolute atomic E-state index is 3.67. The molecule has 16 heavy (non-hydrogen) atoms. The molecule has 2 aliphatic rings. The summed E-state index contributed by atoms with van der Waals surface area (Å²) in [5.74, 6) is 0. The van der Waals surface area contributed by atoms with Crippen molar-refractivity contribution in [1.29, 1.82) is 0 Å². The van der Waals surface area contributed by atoms with E-state index < -0.39 is 0 Å². The molecule has 2 unspecified atom stereocenters. The fourth-order valence-electron chi connectivity index (χ4n) is 3.23. The van der Waals surface area contributed by atoms with Gasteiger partial charge in [-0.2, -0.15) is 0 Å². The van der Waals surface area contributed by atoms with Gasteiger partial charge in [0, 0.05) is 19.1 Å². The molecule has 0 spiro atoms. The second-order valence-electron chi connectivity index (χ2n) is 5.23. The summed E-state index contributed by atoms with van der Waals surface area (Å²) >= 11 is 0. The Balaban J connectivity index is 2.04. The topological polar surface area (TPSA) is 15.3 Å². The van der Waals surface area contributed by atoms with Crippen molar-refractivity contribution in [3.05, 3.63) is 34.9 Å². The second kappa shape index (κ2) is 3.86. The van der Waals surface area contributed by atoms with E-state index in [9.17, 15) is 0 Å². The number of aryl methyl sites for hydroxylation is 2. The predicted octanol–water partition coefficient (Wildman–Crippen LogP) is 1.89. The Morgan fingerprint density at radius 3 is 3.12 bits per heavy atom. The highest BCUT2D eigenvalue weighted by molar-refractivity contribution is 5.37. The lowest BCUT2D eigenvalue weighted by atomic mass is 9.81. The van der Waals surface area contributed by atoms with Crippen LogP contribution in [0, 0.1) is 6.92 Å². The third-order valence-corrected chi connectivity index (χ3v) is 4.07. The Hall–Kier alpha value is -0.860. The maximum atomic E-state index is 3.67. The van der Waals surface area contributed by atoms with Crippen LogP contribution in [0.3, 0.4) is 0 Å². The number of hydrogen-bond donors (Lipinski definition) is 1. The summed E-state index contributed by atoms with van der Waals surface area (Å²) in [4.78, 5) is 2.51. The lowest BCUT2D eigenvalue weighted by Gasteiger charge is -2.44. The number of nitrogens with zero attached hydrogens (tertiary/aromatic N) is 1. The van der Waals surface area contributed by atoms with Gasteiger partial charge in [-0.3, -0.25) is 4.90 Å². The van der Waals surface area contributed by atoms with Crippen molar-refractivity contribution in [2.45, 2.75) is 31.8 Å². The van der Waals surface area contributed by atoms with Gasteiger partial charge in [0.1, 0.15) is 0 Å². The molecule has 1 aliphatic heterocycles. The standard InChI is InChI=1S/C14H20N2/c1-10-3-4-11-5-6-13-14(12(11)9-10)16(2)8-7-15-13/h3-4,9,13-15H,5-8H2,1-2H3. The van der Waals surface area contributed by atoms with Crippen LogP contribution in [0.1, 0.15) is 29.2 Å². The fourth-order valence-corrected chi connectivity index (χ4v) is 3.23. The number of benzene rings is 1. The van der Waals surface area contributed by atoms with Gasteiger partial charge >= 0.3 is 0 Å². The van der Waals surface area contributed by atoms with E-state index in [0.717, 1.165) is 13.1 Å². The molecule has 1 N–H and O–H groups in total. The smallest absolute Gasteiger partial charge is 0.0501 e. The van der Waals surface area contributed by atoms with Crippen molar-refractivity contribution in [3.8, 4) is 0 Å². The van der Waals surface area contributed by atoms with Gasteiger partial charge in [-0.1, -0.05) is 23.8 Å². The van der Waals surface area contributed by atoms with E-state index in [0.29, 0.717) is 12.1 Å². The van der Waals surface area contributed by atoms with Crippen molar-refractivity contribution < 1.29 is 0 Å². The average molecular weight is 216 g/mol. The first-order chi connectivity index (χ1) is 7.75. The highest BCUT2D eigenvalue weighted by Crippen LogP contribution is 2.35. The maximum Gasteiger partial charge on any atom is 0.0501 e. The molecule has 1 fully saturated rings. The lowest BCUT2D eigenvalue weighted by molar-refractivity contribution is 0.137. The minimum atomic E-state index is 0.595. The SMILES string of the molecule is Cc1ccc2c(c1)C1C(CC2)NCCN1C. The molecular weight excluding hydrogens is 196 g/mol. The van der Waals surface area contributed by atoms with Gasteiger partial charge in [-0.15, -0.1) is 0 Å². The number of piperazine rings is 1. The molecule has 86 valence electrons. The molecule has 2 nitrogen and oxygen atoms in total. The summed E-state index contributed by atoms with van der Waals surface area (Å²) in [6.45, 7) is 4.49. The quantitative estimate of drug-likeness (QED) is 0.712. The van der Waals surface area contributed by atoms with Crippen LogP contribution >= 0.6 is 0 Å². The van der Waals surface area contributed by atoms with Crippen molar-refractivity contribution >= 4 is 0 Å². The van der Waals surface area contributed by atoms with E-state index in [1.807, 2.05) is 0 Å². The van der Waals surface area contributed by atoms with E-state index in [1.54, 1.807) is 11.1 Å². The number of likely N-dealkylation sites (N-methyl/N-ethyl adjacent to an activating group) is 1. The van der Waals surface area contributed by atoms with Gasteiger partial charge < -0.3 is 5.32 Å². The largest absolute Gasteiger partial charge is 0.311 e. The fraction of sp³-hybridized carbons (Fsp3) is 0.571. The third-order valence-electron chi connectivity index (χ3n) is 4.07. The zero-order valence-electron chi connectivity index (χ0n) is 10.2. The van der Waals surface area contributed by atoms with Crippen LogP contribution in [0.2, 0.25) is 0 Å². The van der Waals surface area contributed by atoms with Gasteiger partial charge in [0.05, 0.1) is 6.04 Å². The summed E-state index contributed by atoms with van der Waals surface area (Å²) in [7, 11) is 2.26. The highest BCUT2D eigenvalue weighted by atomic mass is 15.2. The zero-order chi connectivity index (χ0) is 11.1. The lowest BCUT2D eigenvalue weighted by Crippen LogP contribution is -2.53. The average Bonchev–Trinajstić information content (AvgIpc) is 2.28. The number of rotatable bonds is 0. The van der Waals surface area contributed by atoms with E-state index in [4.69, 9.17) is 0 Å². The number of hydrogen-bond acceptors (Lipinski definition) is 2. The van der Waals surface area contributed by atoms with Crippen molar-refractivity contribution in [1.82, 2.24) is 10.2 Å². The Kier molecular flexibility index (Phi) is 2.49. The molecule has 1 aromatic rings. The monoisotopic (exact) mass is 216 g/mol. The van der Waals surface area contributed by atoms with Crippen molar-refractivity contribution in [2.24, 2.45) is 0 Å². The first kappa shape index (κ1) is 10.3. The molecule has 3 rings (SSSR count). The van der Waals surface area contributed by atoms with Gasteiger partial charge in [-0.25, -0.2) is 0 Å². The second-order valence-corrected chi connectivity index (χ2v) is 5.23. The Morgan fingerprint density at radius 1 is 1.38 bits per heavy atom. The van der Waals surface area contributed by atoms with Crippen LogP contribution in [0.25, 0.3) is 0 Å². The Labute approximate surface area is 97.6 Å². The molecule has 1 saturated heterocycles. The molecule has 0 bridgehead atoms. The highest BCUT2D eigenvalue weighted by Gasteiger charge is 2.34. The van der Waals surface area contributed by atoms with Gasteiger partial charge in [0.25, 0.3) is 0 Å². The molecule has 1 aromatic carbocycles. The molecule has 0 amide bonds. The molecule has 2 heteroatoms. The van der Waals surface area contributed by atoms with E-state index in [1.165, 1.54) is 18.4 Å². The van der Waals surface area contributed by atoms with Crippen LogP contribution in [-0.2, 0) is 6.42 Å². The summed E-state index contributed by atoms with van der Waals surface area (Å²) < 4.78 is 0. The van der Waals surface area contributed by atoms with Gasteiger partial charge in [0.15, 0.2) is 0 Å². The molecule has 0 radical (unpaired) electrons. The first-order valence-corrected chi connectivity index (χ1v) is 6.29. The summed E-state index contributed by atoms with van der Waals surface area (Å²) in [6.07, 6.45) is 2.52. The normalized spacial score (nSPS) is 29.6. The van der Waals surface area contributed by atoms with Gasteiger partial charge in [0.2, 0.25) is 0 Å². The predicted molar refractivity (Wildman–Crippen MR) is 66.7 cm³/mol. The third kappa shape index (κ3) is 1.57. The van der Waals surface area contributed by atoms with Crippen molar-refractivity contribution in [2.75, 3.05) is 20.1 Å². The van der Waals surface area contributed by atoms with Crippen LogP contribution in [-0.4, -0.2) is 31.1 Å². The Bertz CT molecular complexity index is 400.